The van der Waals surface area contributed by atoms with Crippen LogP contribution < -0.4 is 18.3 Å². The van der Waals surface area contributed by atoms with Crippen molar-refractivity contribution < 1.29 is 34.7 Å². The second-order valence-electron chi connectivity index (χ2n) is 24.0. The van der Waals surface area contributed by atoms with E-state index in [0.29, 0.717) is 33.4 Å². The van der Waals surface area contributed by atoms with Gasteiger partial charge in [-0.15, -0.1) is 0 Å². The fourth-order valence-electron chi connectivity index (χ4n) is 11.8. The Morgan fingerprint density at radius 1 is 0.213 bits per heavy atom. The fraction of sp³-hybridized carbons (Fsp3) is 0.244. The van der Waals surface area contributed by atoms with Crippen molar-refractivity contribution in [2.45, 2.75) is 126 Å². The first kappa shape index (κ1) is 58.2. The van der Waals surface area contributed by atoms with Crippen LogP contribution in [0.1, 0.15) is 124 Å². The number of hydrogen-bond donors (Lipinski definition) is 0. The van der Waals surface area contributed by atoms with Gasteiger partial charge in [-0.25, -0.2) is 18.3 Å². The normalized spacial score (nSPS) is 12.7. The van der Waals surface area contributed by atoms with E-state index in [1.165, 1.54) is 83.7 Å². The van der Waals surface area contributed by atoms with Crippen LogP contribution in [0, 0.1) is 96.6 Å². The van der Waals surface area contributed by atoms with Crippen LogP contribution in [0.2, 0.25) is 0 Å². The standard InChI is InChI=1S/2C22H24N.2C21H22N.4CH4/c1-15-13-22(23(5)14-18(15)4)21-12-16(2)20(11-17(21)3)19-9-7-6-8-10-19;1-15-12-22(23(5)14-18(15)4)21-13-20(16(2)11-17(21)3)19-9-7-6-8-10-19;2*1-15-10-11-21(22(4)14-15)20-13-19(16(2)12-17(20)3)18-8-6-5-7-9-18;;;;/h2*6-14H,1-5H3;2*5-14H,1-4H3;4*1H4/q4*+1;;;;/i;2D3,4D3;1D3,2D3;;;;;. The minimum Gasteiger partial charge on any atom is -0.201 e. The SMILES string of the molecule is C.C.C.C.Cc1cc(-c2cc(C)c(-c3ccccc3)cc2C)[n+](C)cc1C.Cc1ccc(-c2cc(-c3ccccc3)c(C)cc2C)[n+](C)c1.[2H]C([2H])([2H])c1c[n+](C)c(-c2cc(-c3ccccc3)c(C([2H])([2H])[2H])cc2C)cc1C.[2H]C([2H])([2H])c1ccc(-c2cc(-c3ccccc3)c(C([2H])([2H])[2H])cc2C)[n+](C)c1. The molecule has 4 heteroatoms. The van der Waals surface area contributed by atoms with E-state index in [4.69, 9.17) is 16.4 Å². The van der Waals surface area contributed by atoms with Crippen LogP contribution in [0.5, 0.6) is 0 Å². The Kier molecular flexibility index (Phi) is 20.6. The van der Waals surface area contributed by atoms with Crippen LogP contribution in [-0.4, -0.2) is 0 Å². The molecular formula is C90H108N4+4. The van der Waals surface area contributed by atoms with Crippen LogP contribution in [0.4, 0.5) is 0 Å². The predicted octanol–water partition coefficient (Wildman–Crippen LogP) is 22.2. The molecule has 0 saturated carbocycles. The summed E-state index contributed by atoms with van der Waals surface area (Å²) in [7, 11) is 7.85. The molecule has 8 aromatic carbocycles. The molecule has 0 unspecified atom stereocenters. The number of hydrogen-bond acceptors (Lipinski definition) is 0. The van der Waals surface area contributed by atoms with E-state index in [9.17, 15) is 0 Å². The van der Waals surface area contributed by atoms with Crippen LogP contribution >= 0.6 is 0 Å². The molecule has 12 rings (SSSR count). The Morgan fingerprint density at radius 2 is 0.489 bits per heavy atom. The molecule has 0 spiro atoms. The van der Waals surface area contributed by atoms with E-state index in [2.05, 4.69) is 187 Å². The number of pyridine rings is 4. The molecule has 0 saturated heterocycles. The van der Waals surface area contributed by atoms with E-state index in [0.717, 1.165) is 44.8 Å². The maximum atomic E-state index is 7.97. The first-order chi connectivity index (χ1) is 47.9. The van der Waals surface area contributed by atoms with Gasteiger partial charge < -0.3 is 0 Å². The first-order valence-corrected chi connectivity index (χ1v) is 30.6. The molecule has 484 valence electrons. The smallest absolute Gasteiger partial charge is 0.201 e. The summed E-state index contributed by atoms with van der Waals surface area (Å²) in [6, 6.07) is 68.5. The van der Waals surface area contributed by atoms with Crippen molar-refractivity contribution in [3.8, 4) is 89.5 Å². The van der Waals surface area contributed by atoms with E-state index >= 15 is 0 Å². The van der Waals surface area contributed by atoms with Gasteiger partial charge in [0.25, 0.3) is 0 Å². The highest BCUT2D eigenvalue weighted by molar-refractivity contribution is 5.79. The number of benzene rings is 8. The van der Waals surface area contributed by atoms with Crippen molar-refractivity contribution in [3.63, 3.8) is 0 Å². The molecular weight excluding hydrogens is 1140 g/mol. The van der Waals surface area contributed by atoms with E-state index < -0.39 is 27.4 Å². The lowest BCUT2D eigenvalue weighted by atomic mass is 9.93. The largest absolute Gasteiger partial charge is 0.212 e. The van der Waals surface area contributed by atoms with Gasteiger partial charge in [0.2, 0.25) is 22.8 Å². The maximum Gasteiger partial charge on any atom is 0.212 e. The van der Waals surface area contributed by atoms with Gasteiger partial charge in [-0.3, -0.25) is 0 Å². The van der Waals surface area contributed by atoms with Gasteiger partial charge in [0.05, 0.1) is 0 Å². The molecule has 0 N–H and O–H groups in total. The quantitative estimate of drug-likeness (QED) is 0.135. The van der Waals surface area contributed by atoms with Gasteiger partial charge in [0, 0.05) is 85.2 Å². The zero-order valence-electron chi connectivity index (χ0n) is 66.7. The summed E-state index contributed by atoms with van der Waals surface area (Å²) in [4.78, 5) is 0. The monoisotopic (exact) mass is 1260 g/mol. The Labute approximate surface area is 585 Å². The topological polar surface area (TPSA) is 15.5 Å². The summed E-state index contributed by atoms with van der Waals surface area (Å²) in [5, 5.41) is 0. The molecule has 0 aliphatic carbocycles. The lowest BCUT2D eigenvalue weighted by Gasteiger charge is -2.12. The highest BCUT2D eigenvalue weighted by Gasteiger charge is 2.21. The van der Waals surface area contributed by atoms with Crippen LogP contribution in [0.3, 0.4) is 0 Å². The highest BCUT2D eigenvalue weighted by atomic mass is 14.9. The Bertz CT molecular complexity index is 5000. The van der Waals surface area contributed by atoms with Crippen molar-refractivity contribution in [2.75, 3.05) is 0 Å². The third-order valence-corrected chi connectivity index (χ3v) is 17.0. The van der Waals surface area contributed by atoms with Crippen molar-refractivity contribution in [3.05, 3.63) is 309 Å². The third-order valence-electron chi connectivity index (χ3n) is 17.0. The molecule has 0 atom stereocenters. The summed E-state index contributed by atoms with van der Waals surface area (Å²) < 4.78 is 102. The average Bonchev–Trinajstić information content (AvgIpc) is 0.786. The molecule has 0 fully saturated rings. The lowest BCUT2D eigenvalue weighted by Crippen LogP contribution is -2.31. The lowest BCUT2D eigenvalue weighted by molar-refractivity contribution is -0.660. The summed E-state index contributed by atoms with van der Waals surface area (Å²) in [6.07, 6.45) is 7.62. The van der Waals surface area contributed by atoms with Gasteiger partial charge in [-0.1, -0.05) is 175 Å². The first-order valence-electron chi connectivity index (χ1n) is 36.6. The average molecular weight is 1260 g/mol. The molecule has 4 heterocycles. The molecule has 0 aliphatic heterocycles. The Morgan fingerprint density at radius 3 is 0.883 bits per heavy atom. The molecule has 0 amide bonds. The van der Waals surface area contributed by atoms with Gasteiger partial charge in [-0.2, -0.15) is 0 Å². The van der Waals surface area contributed by atoms with Crippen molar-refractivity contribution in [1.82, 2.24) is 0 Å². The molecule has 94 heavy (non-hydrogen) atoms. The van der Waals surface area contributed by atoms with E-state index in [1.807, 2.05) is 99.8 Å². The molecule has 12 aromatic rings. The number of nitrogens with zero attached hydrogens (tertiary/aromatic N) is 4. The van der Waals surface area contributed by atoms with E-state index in [-0.39, 0.29) is 35.3 Å². The van der Waals surface area contributed by atoms with Gasteiger partial charge in [0.15, 0.2) is 24.8 Å². The predicted molar refractivity (Wildman–Crippen MR) is 407 cm³/mol. The number of aryl methyl sites for hydroxylation is 18. The summed E-state index contributed by atoms with van der Waals surface area (Å²) >= 11 is 0. The van der Waals surface area contributed by atoms with Gasteiger partial charge in [0.1, 0.15) is 28.2 Å². The maximum absolute atomic E-state index is 7.97. The second kappa shape index (κ2) is 33.3. The zero-order valence-corrected chi connectivity index (χ0v) is 54.7. The highest BCUT2D eigenvalue weighted by Crippen LogP contribution is 2.36. The molecule has 0 bridgehead atoms. The minimum atomic E-state index is -2.24. The summed E-state index contributed by atoms with van der Waals surface area (Å²) in [5.41, 5.74) is 29.4. The van der Waals surface area contributed by atoms with Gasteiger partial charge >= 0.3 is 0 Å². The summed E-state index contributed by atoms with van der Waals surface area (Å²) in [5.74, 6) is 0. The molecule has 0 aliphatic rings. The fourth-order valence-corrected chi connectivity index (χ4v) is 11.8. The third kappa shape index (κ3) is 17.5. The summed E-state index contributed by atoms with van der Waals surface area (Å²) in [6.45, 7) is 12.0. The molecule has 0 radical (unpaired) electrons. The number of aromatic nitrogens is 4. The van der Waals surface area contributed by atoms with Crippen molar-refractivity contribution >= 4 is 0 Å². The van der Waals surface area contributed by atoms with Crippen molar-refractivity contribution in [2.24, 2.45) is 28.2 Å². The minimum absolute atomic E-state index is 0. The zero-order chi connectivity index (χ0) is 74.5. The Balaban J connectivity index is 0.000000252. The van der Waals surface area contributed by atoms with Gasteiger partial charge in [-0.05, 0) is 233 Å². The van der Waals surface area contributed by atoms with Crippen molar-refractivity contribution in [1.29, 1.82) is 0 Å². The van der Waals surface area contributed by atoms with Crippen LogP contribution in [0.25, 0.3) is 89.5 Å². The molecule has 4 nitrogen and oxygen atoms in total. The van der Waals surface area contributed by atoms with Crippen LogP contribution in [-0.2, 0) is 28.2 Å². The Hall–Kier alpha value is -9.64. The number of rotatable bonds is 8. The molecule has 4 aromatic heterocycles. The van der Waals surface area contributed by atoms with E-state index in [1.54, 1.807) is 59.8 Å². The second-order valence-corrected chi connectivity index (χ2v) is 24.0. The van der Waals surface area contributed by atoms with Crippen LogP contribution in [0.15, 0.2) is 231 Å².